The average molecular weight is 160 g/mol. The Morgan fingerprint density at radius 3 is 2.33 bits per heavy atom. The molecule has 0 fully saturated rings. The number of carbonyl (C=O) groups excluding carboxylic acids is 1. The SMILES string of the molecule is C=Cc1cc(C)cc(C=O)c1C. The number of benzene rings is 1. The van der Waals surface area contributed by atoms with Gasteiger partial charge in [-0.15, -0.1) is 0 Å². The second-order valence-corrected chi connectivity index (χ2v) is 2.89. The van der Waals surface area contributed by atoms with Crippen molar-refractivity contribution in [2.75, 3.05) is 0 Å². The van der Waals surface area contributed by atoms with Crippen LogP contribution in [-0.2, 0) is 0 Å². The molecule has 1 aromatic rings. The van der Waals surface area contributed by atoms with Crippen LogP contribution < -0.4 is 0 Å². The van der Waals surface area contributed by atoms with Gasteiger partial charge < -0.3 is 0 Å². The number of hydrogen-bond acceptors (Lipinski definition) is 1. The normalized spacial score (nSPS) is 9.50. The molecule has 0 radical (unpaired) electrons. The summed E-state index contributed by atoms with van der Waals surface area (Å²) < 4.78 is 0. The van der Waals surface area contributed by atoms with E-state index in [1.54, 1.807) is 6.08 Å². The van der Waals surface area contributed by atoms with Crippen molar-refractivity contribution in [3.05, 3.63) is 41.0 Å². The third-order valence-corrected chi connectivity index (χ3v) is 1.98. The summed E-state index contributed by atoms with van der Waals surface area (Å²) in [5.41, 5.74) is 3.89. The van der Waals surface area contributed by atoms with E-state index in [2.05, 4.69) is 6.58 Å². The Bertz CT molecular complexity index is 295. The summed E-state index contributed by atoms with van der Waals surface area (Å²) in [4.78, 5) is 10.6. The maximum absolute atomic E-state index is 10.6. The first kappa shape index (κ1) is 8.72. The van der Waals surface area contributed by atoms with Gasteiger partial charge in [-0.25, -0.2) is 0 Å². The van der Waals surface area contributed by atoms with E-state index in [-0.39, 0.29) is 0 Å². The van der Waals surface area contributed by atoms with E-state index in [0.717, 1.165) is 28.5 Å². The standard InChI is InChI=1S/C11H12O/c1-4-10-5-8(2)6-11(7-12)9(10)3/h4-7H,1H2,2-3H3. The molecule has 0 unspecified atom stereocenters. The van der Waals surface area contributed by atoms with Crippen molar-refractivity contribution >= 4 is 12.4 Å². The lowest BCUT2D eigenvalue weighted by atomic mass is 10.0. The van der Waals surface area contributed by atoms with Crippen LogP contribution in [0.1, 0.15) is 27.0 Å². The fraction of sp³-hybridized carbons (Fsp3) is 0.182. The lowest BCUT2D eigenvalue weighted by Gasteiger charge is -2.04. The third-order valence-electron chi connectivity index (χ3n) is 1.98. The molecule has 0 heterocycles. The predicted octanol–water partition coefficient (Wildman–Crippen LogP) is 2.76. The van der Waals surface area contributed by atoms with E-state index in [0.29, 0.717) is 0 Å². The van der Waals surface area contributed by atoms with Gasteiger partial charge >= 0.3 is 0 Å². The molecule has 0 aliphatic rings. The molecule has 0 amide bonds. The zero-order chi connectivity index (χ0) is 9.14. The predicted molar refractivity (Wildman–Crippen MR) is 51.4 cm³/mol. The summed E-state index contributed by atoms with van der Waals surface area (Å²) >= 11 is 0. The molecule has 0 bridgehead atoms. The summed E-state index contributed by atoms with van der Waals surface area (Å²) in [6.45, 7) is 7.59. The Kier molecular flexibility index (Phi) is 2.44. The van der Waals surface area contributed by atoms with Gasteiger partial charge in [0.05, 0.1) is 0 Å². The smallest absolute Gasteiger partial charge is 0.150 e. The second-order valence-electron chi connectivity index (χ2n) is 2.89. The van der Waals surface area contributed by atoms with Gasteiger partial charge in [-0.1, -0.05) is 18.7 Å². The van der Waals surface area contributed by atoms with E-state index in [1.807, 2.05) is 26.0 Å². The minimum absolute atomic E-state index is 0.755. The van der Waals surface area contributed by atoms with Crippen LogP contribution in [0, 0.1) is 13.8 Å². The van der Waals surface area contributed by atoms with Crippen LogP contribution in [0.5, 0.6) is 0 Å². The highest BCUT2D eigenvalue weighted by Crippen LogP contribution is 2.15. The van der Waals surface area contributed by atoms with Gasteiger partial charge in [0, 0.05) is 5.56 Å². The van der Waals surface area contributed by atoms with Crippen molar-refractivity contribution in [2.24, 2.45) is 0 Å². The average Bonchev–Trinajstić information content (AvgIpc) is 2.08. The quantitative estimate of drug-likeness (QED) is 0.608. The zero-order valence-electron chi connectivity index (χ0n) is 7.42. The number of carbonyl (C=O) groups is 1. The molecule has 0 spiro atoms. The summed E-state index contributed by atoms with van der Waals surface area (Å²) in [6, 6.07) is 3.91. The van der Waals surface area contributed by atoms with Crippen molar-refractivity contribution in [2.45, 2.75) is 13.8 Å². The Labute approximate surface area is 72.7 Å². The molecule has 1 nitrogen and oxygen atoms in total. The van der Waals surface area contributed by atoms with Gasteiger partial charge in [-0.2, -0.15) is 0 Å². The fourth-order valence-corrected chi connectivity index (χ4v) is 1.25. The molecule has 0 aliphatic carbocycles. The molecular weight excluding hydrogens is 148 g/mol. The first-order chi connectivity index (χ1) is 5.69. The Morgan fingerprint density at radius 2 is 1.83 bits per heavy atom. The topological polar surface area (TPSA) is 17.1 Å². The van der Waals surface area contributed by atoms with Gasteiger partial charge in [0.25, 0.3) is 0 Å². The lowest BCUT2D eigenvalue weighted by Crippen LogP contribution is -1.91. The molecule has 0 N–H and O–H groups in total. The van der Waals surface area contributed by atoms with E-state index < -0.39 is 0 Å². The van der Waals surface area contributed by atoms with Crippen LogP contribution in [-0.4, -0.2) is 6.29 Å². The van der Waals surface area contributed by atoms with E-state index >= 15 is 0 Å². The summed E-state index contributed by atoms with van der Waals surface area (Å²) in [5, 5.41) is 0. The highest BCUT2D eigenvalue weighted by molar-refractivity contribution is 5.80. The highest BCUT2D eigenvalue weighted by atomic mass is 16.1. The van der Waals surface area contributed by atoms with Crippen LogP contribution in [0.2, 0.25) is 0 Å². The van der Waals surface area contributed by atoms with Gasteiger partial charge in [0.15, 0.2) is 0 Å². The molecular formula is C11H12O. The highest BCUT2D eigenvalue weighted by Gasteiger charge is 2.01. The minimum Gasteiger partial charge on any atom is -0.298 e. The van der Waals surface area contributed by atoms with Crippen molar-refractivity contribution in [3.8, 4) is 0 Å². The molecule has 1 rings (SSSR count). The first-order valence-corrected chi connectivity index (χ1v) is 3.88. The Hall–Kier alpha value is -1.37. The number of rotatable bonds is 2. The van der Waals surface area contributed by atoms with Gasteiger partial charge in [-0.3, -0.25) is 4.79 Å². The number of hydrogen-bond donors (Lipinski definition) is 0. The monoisotopic (exact) mass is 160 g/mol. The Balaban J connectivity index is 3.41. The largest absolute Gasteiger partial charge is 0.298 e. The van der Waals surface area contributed by atoms with Crippen LogP contribution in [0.15, 0.2) is 18.7 Å². The fourth-order valence-electron chi connectivity index (χ4n) is 1.25. The Morgan fingerprint density at radius 1 is 1.25 bits per heavy atom. The van der Waals surface area contributed by atoms with Crippen LogP contribution in [0.25, 0.3) is 6.08 Å². The number of aldehydes is 1. The van der Waals surface area contributed by atoms with Gasteiger partial charge in [0.2, 0.25) is 0 Å². The third kappa shape index (κ3) is 1.45. The van der Waals surface area contributed by atoms with Crippen molar-refractivity contribution in [1.82, 2.24) is 0 Å². The van der Waals surface area contributed by atoms with Crippen molar-refractivity contribution < 1.29 is 4.79 Å². The summed E-state index contributed by atoms with van der Waals surface area (Å²) in [7, 11) is 0. The maximum Gasteiger partial charge on any atom is 0.150 e. The van der Waals surface area contributed by atoms with Crippen molar-refractivity contribution in [3.63, 3.8) is 0 Å². The maximum atomic E-state index is 10.6. The zero-order valence-corrected chi connectivity index (χ0v) is 7.42. The molecule has 1 aromatic carbocycles. The van der Waals surface area contributed by atoms with E-state index in [9.17, 15) is 4.79 Å². The molecule has 0 saturated carbocycles. The molecule has 1 heteroatoms. The van der Waals surface area contributed by atoms with Crippen molar-refractivity contribution in [1.29, 1.82) is 0 Å². The summed E-state index contributed by atoms with van der Waals surface area (Å²) in [5.74, 6) is 0. The molecule has 62 valence electrons. The second kappa shape index (κ2) is 3.35. The van der Waals surface area contributed by atoms with E-state index in [4.69, 9.17) is 0 Å². The minimum atomic E-state index is 0.755. The molecule has 0 aromatic heterocycles. The van der Waals surface area contributed by atoms with Crippen LogP contribution in [0.3, 0.4) is 0 Å². The van der Waals surface area contributed by atoms with Crippen LogP contribution in [0.4, 0.5) is 0 Å². The number of aryl methyl sites for hydroxylation is 1. The van der Waals surface area contributed by atoms with Gasteiger partial charge in [-0.05, 0) is 36.6 Å². The first-order valence-electron chi connectivity index (χ1n) is 3.88. The lowest BCUT2D eigenvalue weighted by molar-refractivity contribution is 0.112. The van der Waals surface area contributed by atoms with E-state index in [1.165, 1.54) is 0 Å². The van der Waals surface area contributed by atoms with Crippen LogP contribution >= 0.6 is 0 Å². The summed E-state index contributed by atoms with van der Waals surface area (Å²) in [6.07, 6.45) is 2.66. The molecule has 12 heavy (non-hydrogen) atoms. The molecule has 0 atom stereocenters. The van der Waals surface area contributed by atoms with Gasteiger partial charge in [0.1, 0.15) is 6.29 Å². The molecule has 0 saturated heterocycles. The molecule has 0 aliphatic heterocycles.